The number of rotatable bonds is 2. The lowest BCUT2D eigenvalue weighted by atomic mass is 9.99. The number of carbonyl (C=O) groups is 2. The van der Waals surface area contributed by atoms with Crippen molar-refractivity contribution in [1.29, 1.82) is 0 Å². The molecule has 0 radical (unpaired) electrons. The quantitative estimate of drug-likeness (QED) is 0.574. The zero-order valence-corrected chi connectivity index (χ0v) is 7.89. The first-order valence-corrected chi connectivity index (χ1v) is 3.99. The van der Waals surface area contributed by atoms with Crippen molar-refractivity contribution >= 4 is 11.6 Å². The number of nitrogens with one attached hydrogen (secondary N) is 2. The number of hydrogen-bond donors (Lipinski definition) is 2. The largest absolute Gasteiger partial charge is 0.385 e. The Bertz CT molecular complexity index is 327. The van der Waals surface area contributed by atoms with Crippen LogP contribution >= 0.6 is 0 Å². The molecule has 4 nitrogen and oxygen atoms in total. The molecule has 0 spiro atoms. The van der Waals surface area contributed by atoms with Gasteiger partial charge in [0, 0.05) is 25.7 Å². The van der Waals surface area contributed by atoms with Crippen molar-refractivity contribution in [3.05, 3.63) is 23.0 Å². The van der Waals surface area contributed by atoms with E-state index in [4.69, 9.17) is 0 Å². The molecule has 2 N–H and O–H groups in total. The topological polar surface area (TPSA) is 58.2 Å². The van der Waals surface area contributed by atoms with Crippen molar-refractivity contribution in [3.63, 3.8) is 0 Å². The summed E-state index contributed by atoms with van der Waals surface area (Å²) in [6.07, 6.45) is 1.31. The van der Waals surface area contributed by atoms with Gasteiger partial charge in [0.25, 0.3) is 0 Å². The number of carbonyl (C=O) groups excluding carboxylic acids is 2. The van der Waals surface area contributed by atoms with Crippen LogP contribution in [0.5, 0.6) is 0 Å². The van der Waals surface area contributed by atoms with Crippen molar-refractivity contribution in [2.75, 3.05) is 14.1 Å². The molecule has 4 heteroatoms. The van der Waals surface area contributed by atoms with Gasteiger partial charge in [-0.1, -0.05) is 0 Å². The van der Waals surface area contributed by atoms with Crippen LogP contribution in [0.3, 0.4) is 0 Å². The van der Waals surface area contributed by atoms with Crippen molar-refractivity contribution in [3.8, 4) is 0 Å². The minimum Gasteiger partial charge on any atom is -0.385 e. The molecule has 1 rings (SSSR count). The Labute approximate surface area is 76.7 Å². The van der Waals surface area contributed by atoms with Crippen molar-refractivity contribution in [1.82, 2.24) is 10.6 Å². The first-order chi connectivity index (χ1) is 6.11. The van der Waals surface area contributed by atoms with Crippen LogP contribution < -0.4 is 10.6 Å². The normalized spacial score (nSPS) is 17.3. The average molecular weight is 180 g/mol. The molecule has 0 amide bonds. The highest BCUT2D eigenvalue weighted by atomic mass is 16.1. The summed E-state index contributed by atoms with van der Waals surface area (Å²) in [5.41, 5.74) is 1.19. The van der Waals surface area contributed by atoms with Crippen molar-refractivity contribution in [2.45, 2.75) is 6.92 Å². The molecule has 0 atom stereocenters. The van der Waals surface area contributed by atoms with Crippen LogP contribution in [-0.2, 0) is 9.59 Å². The van der Waals surface area contributed by atoms with Crippen LogP contribution in [0.4, 0.5) is 0 Å². The Hall–Kier alpha value is -1.58. The van der Waals surface area contributed by atoms with Crippen LogP contribution in [0.15, 0.2) is 23.0 Å². The molecule has 0 heterocycles. The summed E-state index contributed by atoms with van der Waals surface area (Å²) in [6.45, 7) is 1.64. The third kappa shape index (κ3) is 1.47. The first kappa shape index (κ1) is 9.51. The highest BCUT2D eigenvalue weighted by molar-refractivity contribution is 6.21. The van der Waals surface area contributed by atoms with E-state index in [0.29, 0.717) is 17.0 Å². The highest BCUT2D eigenvalue weighted by Gasteiger charge is 2.23. The van der Waals surface area contributed by atoms with Crippen LogP contribution in [0.1, 0.15) is 6.92 Å². The smallest absolute Gasteiger partial charge is 0.206 e. The summed E-state index contributed by atoms with van der Waals surface area (Å²) in [7, 11) is 3.25. The summed E-state index contributed by atoms with van der Waals surface area (Å²) in [5, 5.41) is 5.40. The van der Waals surface area contributed by atoms with E-state index < -0.39 is 0 Å². The van der Waals surface area contributed by atoms with Crippen LogP contribution in [0.25, 0.3) is 0 Å². The van der Waals surface area contributed by atoms with E-state index in [9.17, 15) is 9.59 Å². The lowest BCUT2D eigenvalue weighted by molar-refractivity contribution is -0.116. The fourth-order valence-corrected chi connectivity index (χ4v) is 1.27. The summed E-state index contributed by atoms with van der Waals surface area (Å²) in [5.74, 6) is -0.296. The fourth-order valence-electron chi connectivity index (χ4n) is 1.27. The minimum atomic E-state index is -0.163. The lowest BCUT2D eigenvalue weighted by Gasteiger charge is -2.15. The van der Waals surface area contributed by atoms with Gasteiger partial charge in [-0.05, 0) is 6.92 Å². The van der Waals surface area contributed by atoms with Gasteiger partial charge in [-0.3, -0.25) is 9.59 Å². The Morgan fingerprint density at radius 2 is 1.77 bits per heavy atom. The fraction of sp³-hybridized carbons (Fsp3) is 0.333. The molecule has 0 saturated heterocycles. The third-order valence-electron chi connectivity index (χ3n) is 2.00. The zero-order chi connectivity index (χ0) is 10.0. The van der Waals surface area contributed by atoms with Gasteiger partial charge in [0.15, 0.2) is 0 Å². The van der Waals surface area contributed by atoms with Gasteiger partial charge in [-0.2, -0.15) is 0 Å². The van der Waals surface area contributed by atoms with E-state index >= 15 is 0 Å². The molecule has 1 aliphatic carbocycles. The monoisotopic (exact) mass is 180 g/mol. The Morgan fingerprint density at radius 3 is 2.23 bits per heavy atom. The van der Waals surface area contributed by atoms with Crippen LogP contribution in [0, 0.1) is 0 Å². The second-order valence-corrected chi connectivity index (χ2v) is 2.75. The van der Waals surface area contributed by atoms with E-state index in [0.717, 1.165) is 0 Å². The lowest BCUT2D eigenvalue weighted by Crippen LogP contribution is -2.29. The zero-order valence-electron chi connectivity index (χ0n) is 7.89. The van der Waals surface area contributed by atoms with E-state index in [-0.39, 0.29) is 11.6 Å². The highest BCUT2D eigenvalue weighted by Crippen LogP contribution is 2.14. The van der Waals surface area contributed by atoms with E-state index in [1.54, 1.807) is 21.0 Å². The molecule has 0 aromatic rings. The molecule has 0 fully saturated rings. The molecule has 0 aromatic carbocycles. The molecule has 0 aliphatic heterocycles. The number of ketones is 2. The van der Waals surface area contributed by atoms with Gasteiger partial charge in [0.05, 0.1) is 11.4 Å². The minimum absolute atomic E-state index is 0.133. The predicted octanol–water partition coefficient (Wildman–Crippen LogP) is -0.265. The van der Waals surface area contributed by atoms with Gasteiger partial charge in [0.1, 0.15) is 0 Å². The molecule has 70 valence electrons. The van der Waals surface area contributed by atoms with Crippen LogP contribution in [0.2, 0.25) is 0 Å². The first-order valence-electron chi connectivity index (χ1n) is 3.99. The Kier molecular flexibility index (Phi) is 2.51. The van der Waals surface area contributed by atoms with E-state index in [1.165, 1.54) is 6.08 Å². The predicted molar refractivity (Wildman–Crippen MR) is 48.9 cm³/mol. The molecule has 0 unspecified atom stereocenters. The summed E-state index contributed by atoms with van der Waals surface area (Å²) >= 11 is 0. The second kappa shape index (κ2) is 3.43. The average Bonchev–Trinajstić information content (AvgIpc) is 2.12. The Balaban J connectivity index is 3.12. The van der Waals surface area contributed by atoms with Gasteiger partial charge >= 0.3 is 0 Å². The molecular weight excluding hydrogens is 168 g/mol. The van der Waals surface area contributed by atoms with E-state index in [1.807, 2.05) is 0 Å². The maximum atomic E-state index is 11.5. The number of hydrogen-bond acceptors (Lipinski definition) is 4. The van der Waals surface area contributed by atoms with E-state index in [2.05, 4.69) is 10.6 Å². The Morgan fingerprint density at radius 1 is 1.15 bits per heavy atom. The van der Waals surface area contributed by atoms with Gasteiger partial charge in [-0.15, -0.1) is 0 Å². The van der Waals surface area contributed by atoms with Gasteiger partial charge in [0.2, 0.25) is 11.6 Å². The molecule has 0 bridgehead atoms. The summed E-state index contributed by atoms with van der Waals surface area (Å²) in [6, 6.07) is 0. The van der Waals surface area contributed by atoms with Gasteiger partial charge in [-0.25, -0.2) is 0 Å². The molecular formula is C9H12N2O2. The van der Waals surface area contributed by atoms with Gasteiger partial charge < -0.3 is 10.6 Å². The standard InChI is InChI=1S/C9H12N2O2/c1-5-8(11-3)7(12)4-6(10-2)9(5)13/h4,10-11H,1-3H3. The third-order valence-corrected chi connectivity index (χ3v) is 2.00. The van der Waals surface area contributed by atoms with Crippen molar-refractivity contribution in [2.24, 2.45) is 0 Å². The summed E-state index contributed by atoms with van der Waals surface area (Å²) in [4.78, 5) is 22.9. The number of likely N-dealkylation sites (N-methyl/N-ethyl adjacent to an activating group) is 2. The number of Topliss-reactive ketones (excluding diaryl/α,β-unsaturated/α-hetero) is 1. The second-order valence-electron chi connectivity index (χ2n) is 2.75. The maximum Gasteiger partial charge on any atom is 0.206 e. The molecule has 1 aliphatic rings. The molecule has 13 heavy (non-hydrogen) atoms. The molecule has 0 saturated carbocycles. The SMILES string of the molecule is CNC1=CC(=O)C(NC)=C(C)C1=O. The summed E-state index contributed by atoms with van der Waals surface area (Å²) < 4.78 is 0. The van der Waals surface area contributed by atoms with Crippen molar-refractivity contribution < 1.29 is 9.59 Å². The van der Waals surface area contributed by atoms with Crippen LogP contribution in [-0.4, -0.2) is 25.7 Å². The molecule has 0 aromatic heterocycles. The number of allylic oxidation sites excluding steroid dienone is 2. The maximum absolute atomic E-state index is 11.5.